The highest BCUT2D eigenvalue weighted by Crippen LogP contribution is 2.31. The van der Waals surface area contributed by atoms with Crippen LogP contribution in [0.3, 0.4) is 0 Å². The third-order valence-corrected chi connectivity index (χ3v) is 6.40. The summed E-state index contributed by atoms with van der Waals surface area (Å²) in [5.74, 6) is -1.51. The lowest BCUT2D eigenvalue weighted by Gasteiger charge is -2.26. The van der Waals surface area contributed by atoms with Crippen LogP contribution in [0.1, 0.15) is 22.5 Å². The number of imide groups is 2. The average molecular weight is 503 g/mol. The summed E-state index contributed by atoms with van der Waals surface area (Å²) >= 11 is 18.7. The summed E-state index contributed by atoms with van der Waals surface area (Å²) in [6.45, 7) is 5.52. The summed E-state index contributed by atoms with van der Waals surface area (Å²) in [6, 6.07) is 10.9. The fourth-order valence-corrected chi connectivity index (χ4v) is 4.27. The van der Waals surface area contributed by atoms with Crippen molar-refractivity contribution in [2.45, 2.75) is 20.8 Å². The number of anilines is 1. The van der Waals surface area contributed by atoms with Crippen LogP contribution in [-0.4, -0.2) is 22.4 Å². The summed E-state index contributed by atoms with van der Waals surface area (Å²) in [5, 5.41) is 3.65. The normalized spacial score (nSPS) is 15.4. The molecule has 1 saturated heterocycles. The molecule has 0 atom stereocenters. The van der Waals surface area contributed by atoms with E-state index < -0.39 is 17.8 Å². The largest absolute Gasteiger partial charge is 0.335 e. The van der Waals surface area contributed by atoms with Crippen molar-refractivity contribution < 1.29 is 14.4 Å². The van der Waals surface area contributed by atoms with Crippen LogP contribution in [0, 0.1) is 20.8 Å². The number of hydrogen-bond donors (Lipinski definition) is 1. The van der Waals surface area contributed by atoms with Crippen molar-refractivity contribution in [1.82, 2.24) is 9.88 Å². The lowest BCUT2D eigenvalue weighted by atomic mass is 10.1. The van der Waals surface area contributed by atoms with Gasteiger partial charge < -0.3 is 4.57 Å². The minimum atomic E-state index is -0.835. The lowest BCUT2D eigenvalue weighted by molar-refractivity contribution is -0.122. The van der Waals surface area contributed by atoms with Crippen LogP contribution in [0.25, 0.3) is 11.8 Å². The van der Waals surface area contributed by atoms with E-state index in [0.717, 1.165) is 21.9 Å². The predicted octanol–water partition coefficient (Wildman–Crippen LogP) is 6.03. The van der Waals surface area contributed by atoms with E-state index in [-0.39, 0.29) is 11.3 Å². The van der Waals surface area contributed by atoms with Crippen LogP contribution in [0.5, 0.6) is 0 Å². The minimum absolute atomic E-state index is 0.177. The number of nitrogens with zero attached hydrogens (tertiary/aromatic N) is 2. The number of barbiturate groups is 1. The molecular weight excluding hydrogens is 485 g/mol. The van der Waals surface area contributed by atoms with Crippen LogP contribution in [0.2, 0.25) is 15.1 Å². The Morgan fingerprint density at radius 1 is 0.879 bits per heavy atom. The second-order valence-electron chi connectivity index (χ2n) is 7.65. The lowest BCUT2D eigenvalue weighted by Crippen LogP contribution is -2.54. The fourth-order valence-electron chi connectivity index (χ4n) is 3.73. The number of rotatable bonds is 3. The number of aryl methyl sites for hydroxylation is 2. The maximum Gasteiger partial charge on any atom is 0.335 e. The molecule has 4 rings (SSSR count). The first-order chi connectivity index (χ1) is 15.6. The third-order valence-electron chi connectivity index (χ3n) is 5.43. The zero-order valence-electron chi connectivity index (χ0n) is 17.9. The van der Waals surface area contributed by atoms with E-state index >= 15 is 0 Å². The molecule has 0 radical (unpaired) electrons. The number of halogens is 3. The van der Waals surface area contributed by atoms with Gasteiger partial charge in [-0.05, 0) is 74.4 Å². The molecule has 0 bridgehead atoms. The Morgan fingerprint density at radius 3 is 2.30 bits per heavy atom. The molecule has 1 fully saturated rings. The molecule has 0 spiro atoms. The highest BCUT2D eigenvalue weighted by molar-refractivity contribution is 6.39. The average Bonchev–Trinajstić information content (AvgIpc) is 3.02. The SMILES string of the molecule is Cc1ccc(N2C(=O)NC(=O)/C(=C/c3cc(C)n(-c4cc(Cl)ccc4Cl)c3C)C2=O)cc1Cl. The molecule has 4 amide bonds. The quantitative estimate of drug-likeness (QED) is 0.351. The van der Waals surface area contributed by atoms with E-state index in [1.165, 1.54) is 12.1 Å². The molecule has 2 heterocycles. The molecule has 1 aromatic heterocycles. The van der Waals surface area contributed by atoms with Crippen LogP contribution in [0.15, 0.2) is 48.0 Å². The first-order valence-corrected chi connectivity index (χ1v) is 11.0. The second-order valence-corrected chi connectivity index (χ2v) is 8.90. The van der Waals surface area contributed by atoms with Crippen LogP contribution in [-0.2, 0) is 9.59 Å². The Labute approximate surface area is 205 Å². The number of carbonyl (C=O) groups is 3. The van der Waals surface area contributed by atoms with Gasteiger partial charge in [-0.3, -0.25) is 14.9 Å². The van der Waals surface area contributed by atoms with E-state index in [4.69, 9.17) is 34.8 Å². The van der Waals surface area contributed by atoms with E-state index in [9.17, 15) is 14.4 Å². The Morgan fingerprint density at radius 2 is 1.61 bits per heavy atom. The van der Waals surface area contributed by atoms with Gasteiger partial charge in [-0.1, -0.05) is 40.9 Å². The molecular formula is C24H18Cl3N3O3. The summed E-state index contributed by atoms with van der Waals surface area (Å²) in [5.41, 5.74) is 3.75. The Hall–Kier alpha value is -3.06. The highest BCUT2D eigenvalue weighted by Gasteiger charge is 2.37. The molecule has 1 N–H and O–H groups in total. The fraction of sp³-hybridized carbons (Fsp3) is 0.125. The Bertz CT molecular complexity index is 1370. The Kier molecular flexibility index (Phi) is 6.10. The molecule has 0 saturated carbocycles. The van der Waals surface area contributed by atoms with Gasteiger partial charge >= 0.3 is 6.03 Å². The van der Waals surface area contributed by atoms with Crippen molar-refractivity contribution >= 4 is 64.4 Å². The summed E-state index contributed by atoms with van der Waals surface area (Å²) in [6.07, 6.45) is 1.46. The first kappa shape index (κ1) is 23.1. The predicted molar refractivity (Wildman–Crippen MR) is 130 cm³/mol. The molecule has 3 aromatic rings. The van der Waals surface area contributed by atoms with Crippen molar-refractivity contribution in [1.29, 1.82) is 0 Å². The number of benzene rings is 2. The third kappa shape index (κ3) is 4.17. The number of hydrogen-bond acceptors (Lipinski definition) is 3. The first-order valence-electron chi connectivity index (χ1n) is 9.90. The van der Waals surface area contributed by atoms with Crippen LogP contribution in [0.4, 0.5) is 10.5 Å². The van der Waals surface area contributed by atoms with E-state index in [2.05, 4.69) is 5.32 Å². The van der Waals surface area contributed by atoms with Crippen LogP contribution < -0.4 is 10.2 Å². The number of urea groups is 1. The summed E-state index contributed by atoms with van der Waals surface area (Å²) < 4.78 is 1.88. The van der Waals surface area contributed by atoms with Crippen molar-refractivity contribution in [2.24, 2.45) is 0 Å². The molecule has 168 valence electrons. The van der Waals surface area contributed by atoms with Crippen molar-refractivity contribution in [2.75, 3.05) is 4.90 Å². The zero-order chi connectivity index (χ0) is 24.0. The van der Waals surface area contributed by atoms with Gasteiger partial charge in [0, 0.05) is 21.4 Å². The minimum Gasteiger partial charge on any atom is -0.316 e. The molecule has 1 aliphatic heterocycles. The van der Waals surface area contributed by atoms with Gasteiger partial charge in [0.1, 0.15) is 5.57 Å². The van der Waals surface area contributed by atoms with E-state index in [1.807, 2.05) is 24.5 Å². The topological polar surface area (TPSA) is 71.4 Å². The summed E-state index contributed by atoms with van der Waals surface area (Å²) in [4.78, 5) is 39.1. The van der Waals surface area contributed by atoms with Crippen molar-refractivity contribution in [3.8, 4) is 5.69 Å². The van der Waals surface area contributed by atoms with Gasteiger partial charge in [0.05, 0.1) is 16.4 Å². The monoisotopic (exact) mass is 501 g/mol. The van der Waals surface area contributed by atoms with Gasteiger partial charge in [0.25, 0.3) is 11.8 Å². The molecule has 2 aromatic carbocycles. The maximum absolute atomic E-state index is 13.2. The molecule has 9 heteroatoms. The number of carbonyl (C=O) groups excluding carboxylic acids is 3. The van der Waals surface area contributed by atoms with Crippen LogP contribution >= 0.6 is 34.8 Å². The van der Waals surface area contributed by atoms with Gasteiger partial charge in [-0.25, -0.2) is 9.69 Å². The van der Waals surface area contributed by atoms with Gasteiger partial charge in [0.15, 0.2) is 0 Å². The van der Waals surface area contributed by atoms with Gasteiger partial charge in [0.2, 0.25) is 0 Å². The number of nitrogens with one attached hydrogen (secondary N) is 1. The number of amides is 4. The Balaban J connectivity index is 1.79. The molecule has 6 nitrogen and oxygen atoms in total. The molecule has 1 aliphatic rings. The number of aromatic nitrogens is 1. The molecule has 33 heavy (non-hydrogen) atoms. The smallest absolute Gasteiger partial charge is 0.316 e. The van der Waals surface area contributed by atoms with Gasteiger partial charge in [-0.15, -0.1) is 0 Å². The van der Waals surface area contributed by atoms with Crippen molar-refractivity contribution in [3.05, 3.63) is 85.6 Å². The maximum atomic E-state index is 13.2. The second kappa shape index (κ2) is 8.71. The highest BCUT2D eigenvalue weighted by atomic mass is 35.5. The summed E-state index contributed by atoms with van der Waals surface area (Å²) in [7, 11) is 0. The van der Waals surface area contributed by atoms with Crippen molar-refractivity contribution in [3.63, 3.8) is 0 Å². The molecule has 0 unspecified atom stereocenters. The van der Waals surface area contributed by atoms with Gasteiger partial charge in [-0.2, -0.15) is 0 Å². The standard InChI is InChI=1S/C24H18Cl3N3O3/c1-12-4-6-17(11-20(12)27)30-23(32)18(22(31)28-24(30)33)9-15-8-13(2)29(14(15)3)21-10-16(25)5-7-19(21)26/h4-11H,1-3H3,(H,28,31,33)/b18-9-. The molecule has 0 aliphatic carbocycles. The van der Waals surface area contributed by atoms with E-state index in [1.54, 1.807) is 37.3 Å². The zero-order valence-corrected chi connectivity index (χ0v) is 20.1. The van der Waals surface area contributed by atoms with E-state index in [0.29, 0.717) is 26.3 Å².